The fraction of sp³-hybridized carbons (Fsp3) is 0.487. The summed E-state index contributed by atoms with van der Waals surface area (Å²) in [7, 11) is -6.13. The smallest absolute Gasteiger partial charge is 0.338 e. The van der Waals surface area contributed by atoms with Crippen molar-refractivity contribution in [3.8, 4) is 0 Å². The Bertz CT molecular complexity index is 1520. The average molecular weight is 721 g/mol. The number of esters is 2. The van der Waals surface area contributed by atoms with Gasteiger partial charge < -0.3 is 31.9 Å². The van der Waals surface area contributed by atoms with Gasteiger partial charge in [0.15, 0.2) is 18.5 Å². The second-order valence-corrected chi connectivity index (χ2v) is 23.2. The summed E-state index contributed by atoms with van der Waals surface area (Å²) < 4.78 is 47.6. The Morgan fingerprint density at radius 2 is 1.12 bits per heavy atom. The number of carbonyl (C=O) groups is 2. The molecule has 2 aliphatic heterocycles. The van der Waals surface area contributed by atoms with Gasteiger partial charge in [-0.15, -0.1) is 0 Å². The van der Waals surface area contributed by atoms with Crippen molar-refractivity contribution < 1.29 is 41.5 Å². The Morgan fingerprint density at radius 1 is 0.660 bits per heavy atom. The molecule has 2 aliphatic rings. The number of hydrogen-bond donors (Lipinski definition) is 0. The van der Waals surface area contributed by atoms with Gasteiger partial charge in [0, 0.05) is 0 Å². The Hall–Kier alpha value is -3.17. The molecule has 5 rings (SSSR count). The maximum absolute atomic E-state index is 13.9. The van der Waals surface area contributed by atoms with Crippen LogP contribution in [-0.4, -0.2) is 66.4 Å². The number of carbonyl (C=O) groups excluding carboxylic acids is 2. The zero-order valence-electron chi connectivity index (χ0n) is 30.4. The third kappa shape index (κ3) is 8.15. The SMILES string of the molecule is CC(C)[Si]1(C(C)C)OC[C@H]2O[C@H](OCc3ccccc3)[C@@H](OC(=O)c3ccccc3)[C@@H](OC(=O)c3ccccc3)[C@@H]2O[Si](C(C)C)(C(C)C)O1. The van der Waals surface area contributed by atoms with Crippen LogP contribution < -0.4 is 0 Å². The van der Waals surface area contributed by atoms with Crippen LogP contribution in [0.4, 0.5) is 0 Å². The van der Waals surface area contributed by atoms with Crippen molar-refractivity contribution in [2.24, 2.45) is 0 Å². The highest BCUT2D eigenvalue weighted by atomic mass is 28.5. The van der Waals surface area contributed by atoms with E-state index in [1.54, 1.807) is 48.5 Å². The van der Waals surface area contributed by atoms with E-state index in [9.17, 15) is 9.59 Å². The number of fused-ring (bicyclic) bond motifs is 1. The first-order chi connectivity index (χ1) is 23.9. The summed E-state index contributed by atoms with van der Waals surface area (Å²) in [5.74, 6) is -1.19. The van der Waals surface area contributed by atoms with E-state index < -0.39 is 59.8 Å². The van der Waals surface area contributed by atoms with Gasteiger partial charge in [-0.2, -0.15) is 0 Å². The van der Waals surface area contributed by atoms with E-state index in [2.05, 4.69) is 55.4 Å². The first-order valence-corrected chi connectivity index (χ1v) is 21.7. The third-order valence-corrected chi connectivity index (χ3v) is 19.9. The van der Waals surface area contributed by atoms with Crippen molar-refractivity contribution >= 4 is 29.1 Å². The Balaban J connectivity index is 1.63. The van der Waals surface area contributed by atoms with Crippen molar-refractivity contribution in [1.82, 2.24) is 0 Å². The molecule has 9 nitrogen and oxygen atoms in total. The Labute approximate surface area is 299 Å². The summed E-state index contributed by atoms with van der Waals surface area (Å²) in [5.41, 5.74) is 1.83. The van der Waals surface area contributed by atoms with Gasteiger partial charge in [-0.05, 0) is 52.0 Å². The van der Waals surface area contributed by atoms with Crippen LogP contribution >= 0.6 is 0 Å². The molecule has 2 fully saturated rings. The molecular formula is C39H52O9Si2. The lowest BCUT2D eigenvalue weighted by atomic mass is 9.98. The Morgan fingerprint density at radius 3 is 1.60 bits per heavy atom. The van der Waals surface area contributed by atoms with E-state index >= 15 is 0 Å². The van der Waals surface area contributed by atoms with Crippen LogP contribution in [0.5, 0.6) is 0 Å². The number of ether oxygens (including phenoxy) is 4. The maximum atomic E-state index is 13.9. The molecule has 0 spiro atoms. The van der Waals surface area contributed by atoms with E-state index in [-0.39, 0.29) is 35.4 Å². The van der Waals surface area contributed by atoms with Crippen LogP contribution in [0.1, 0.15) is 81.7 Å². The highest BCUT2D eigenvalue weighted by Crippen LogP contribution is 2.48. The monoisotopic (exact) mass is 720 g/mol. The van der Waals surface area contributed by atoms with Gasteiger partial charge in [0.05, 0.1) is 24.3 Å². The summed E-state index contributed by atoms with van der Waals surface area (Å²) in [6, 6.07) is 27.1. The minimum atomic E-state index is -3.20. The van der Waals surface area contributed by atoms with Gasteiger partial charge in [0.1, 0.15) is 12.2 Å². The zero-order chi connectivity index (χ0) is 36.1. The lowest BCUT2D eigenvalue weighted by Gasteiger charge is -2.55. The zero-order valence-corrected chi connectivity index (χ0v) is 32.4. The molecule has 0 bridgehead atoms. The van der Waals surface area contributed by atoms with Crippen molar-refractivity contribution in [3.63, 3.8) is 0 Å². The van der Waals surface area contributed by atoms with Crippen LogP contribution in [0.2, 0.25) is 22.2 Å². The molecule has 5 atom stereocenters. The second-order valence-electron chi connectivity index (χ2n) is 14.4. The van der Waals surface area contributed by atoms with Gasteiger partial charge in [0.2, 0.25) is 0 Å². The van der Waals surface area contributed by atoms with Crippen LogP contribution in [0.3, 0.4) is 0 Å². The molecule has 2 saturated heterocycles. The van der Waals surface area contributed by atoms with E-state index in [1.165, 1.54) is 0 Å². The van der Waals surface area contributed by atoms with Gasteiger partial charge in [-0.3, -0.25) is 0 Å². The lowest BCUT2D eigenvalue weighted by molar-refractivity contribution is -0.302. The third-order valence-electron chi connectivity index (χ3n) is 9.68. The van der Waals surface area contributed by atoms with Gasteiger partial charge in [-0.1, -0.05) is 122 Å². The number of benzene rings is 3. The van der Waals surface area contributed by atoms with Gasteiger partial charge in [0.25, 0.3) is 0 Å². The van der Waals surface area contributed by atoms with Gasteiger partial charge in [-0.25, -0.2) is 9.59 Å². The van der Waals surface area contributed by atoms with Gasteiger partial charge >= 0.3 is 29.1 Å². The first-order valence-electron chi connectivity index (χ1n) is 17.7. The largest absolute Gasteiger partial charge is 0.452 e. The summed E-state index contributed by atoms with van der Waals surface area (Å²) in [6.07, 6.45) is -5.06. The minimum absolute atomic E-state index is 0.00271. The fourth-order valence-corrected chi connectivity index (χ4v) is 18.2. The van der Waals surface area contributed by atoms with Crippen molar-refractivity contribution in [3.05, 3.63) is 108 Å². The normalized spacial score (nSPS) is 24.8. The second kappa shape index (κ2) is 16.5. The van der Waals surface area contributed by atoms with Crippen LogP contribution in [0.25, 0.3) is 0 Å². The molecule has 0 amide bonds. The van der Waals surface area contributed by atoms with Crippen LogP contribution in [0, 0.1) is 0 Å². The Kier molecular flexibility index (Phi) is 12.5. The van der Waals surface area contributed by atoms with Crippen LogP contribution in [0.15, 0.2) is 91.0 Å². The molecular weight excluding hydrogens is 669 g/mol. The molecule has 270 valence electrons. The predicted octanol–water partition coefficient (Wildman–Crippen LogP) is 8.34. The lowest BCUT2D eigenvalue weighted by Crippen LogP contribution is -2.71. The topological polar surface area (TPSA) is 98.8 Å². The molecule has 0 aliphatic carbocycles. The van der Waals surface area contributed by atoms with E-state index in [0.717, 1.165) is 5.56 Å². The summed E-state index contributed by atoms with van der Waals surface area (Å²) >= 11 is 0. The summed E-state index contributed by atoms with van der Waals surface area (Å²) in [4.78, 5) is 27.6. The summed E-state index contributed by atoms with van der Waals surface area (Å²) in [6.45, 7) is 17.4. The number of hydrogen-bond acceptors (Lipinski definition) is 9. The first kappa shape index (κ1) is 38.1. The fourth-order valence-electron chi connectivity index (χ4n) is 6.97. The molecule has 3 aromatic rings. The van der Waals surface area contributed by atoms with Crippen molar-refractivity contribution in [1.29, 1.82) is 0 Å². The quantitative estimate of drug-likeness (QED) is 0.143. The molecule has 0 unspecified atom stereocenters. The summed E-state index contributed by atoms with van der Waals surface area (Å²) in [5, 5.41) is 0. The molecule has 0 radical (unpaired) electrons. The van der Waals surface area contributed by atoms with E-state index in [4.69, 9.17) is 31.9 Å². The molecule has 11 heteroatoms. The molecule has 3 aromatic carbocycles. The van der Waals surface area contributed by atoms with E-state index in [1.807, 2.05) is 42.5 Å². The maximum Gasteiger partial charge on any atom is 0.338 e. The minimum Gasteiger partial charge on any atom is -0.452 e. The van der Waals surface area contributed by atoms with E-state index in [0.29, 0.717) is 11.1 Å². The molecule has 0 aromatic heterocycles. The molecule has 2 heterocycles. The standard InChI is InChI=1S/C39H52O9Si2/c1-26(2)49(27(3)4)43-25-33-34(47-50(48-49,28(5)6)29(7)8)35(45-37(40)31-20-14-10-15-21-31)36(46-38(41)32-22-16-11-17-23-32)39(44-33)42-24-30-18-12-9-13-19-30/h9-23,26-29,33-36,39H,24-25H2,1-8H3/t33-,34-,35+,36+,39+/m1/s1. The molecule has 0 saturated carbocycles. The molecule has 0 N–H and O–H groups in total. The van der Waals surface area contributed by atoms with Crippen molar-refractivity contribution in [2.45, 2.75) is 115 Å². The average Bonchev–Trinajstić information content (AvgIpc) is 3.10. The molecule has 50 heavy (non-hydrogen) atoms. The van der Waals surface area contributed by atoms with Crippen molar-refractivity contribution in [2.75, 3.05) is 6.61 Å². The van der Waals surface area contributed by atoms with Crippen LogP contribution in [-0.2, 0) is 38.5 Å². The predicted molar refractivity (Wildman–Crippen MR) is 195 cm³/mol. The highest BCUT2D eigenvalue weighted by molar-refractivity contribution is 6.84. The number of rotatable bonds is 11. The highest BCUT2D eigenvalue weighted by Gasteiger charge is 2.63.